The fourth-order valence-corrected chi connectivity index (χ4v) is 4.67. The highest BCUT2D eigenvalue weighted by Gasteiger charge is 2.26. The molecule has 0 saturated heterocycles. The predicted octanol–water partition coefficient (Wildman–Crippen LogP) is 1.29. The minimum absolute atomic E-state index is 0.313. The minimum Gasteiger partial charge on any atom is -0.313 e. The van der Waals surface area contributed by atoms with Crippen molar-refractivity contribution in [3.05, 3.63) is 0 Å². The fraction of sp³-hybridized carbons (Fsp3) is 1.00. The van der Waals surface area contributed by atoms with Gasteiger partial charge in [0.1, 0.15) is 9.84 Å². The molecule has 5 heteroatoms. The van der Waals surface area contributed by atoms with Gasteiger partial charge in [0.25, 0.3) is 0 Å². The van der Waals surface area contributed by atoms with E-state index in [9.17, 15) is 8.42 Å². The van der Waals surface area contributed by atoms with Crippen LogP contribution in [0.1, 0.15) is 26.2 Å². The van der Waals surface area contributed by atoms with Gasteiger partial charge in [-0.1, -0.05) is 13.3 Å². The van der Waals surface area contributed by atoms with Crippen LogP contribution in [-0.4, -0.2) is 44.0 Å². The van der Waals surface area contributed by atoms with Crippen molar-refractivity contribution in [1.29, 1.82) is 0 Å². The van der Waals surface area contributed by atoms with E-state index in [-0.39, 0.29) is 0 Å². The van der Waals surface area contributed by atoms with Crippen LogP contribution in [0.4, 0.5) is 0 Å². The van der Waals surface area contributed by atoms with Gasteiger partial charge in [0.05, 0.1) is 5.75 Å². The van der Waals surface area contributed by atoms with E-state index in [1.165, 1.54) is 25.5 Å². The van der Waals surface area contributed by atoms with Crippen LogP contribution in [0.15, 0.2) is 0 Å². The monoisotopic (exact) mass is 251 g/mol. The third-order valence-corrected chi connectivity index (χ3v) is 5.34. The Morgan fingerprint density at radius 1 is 1.40 bits per heavy atom. The lowest BCUT2D eigenvalue weighted by Gasteiger charge is -2.19. The Morgan fingerprint density at radius 2 is 2.13 bits per heavy atom. The SMILES string of the molecule is CCNC1CCCC1SCCS(C)(=O)=O. The summed E-state index contributed by atoms with van der Waals surface area (Å²) in [6.07, 6.45) is 5.05. The van der Waals surface area contributed by atoms with Crippen molar-refractivity contribution < 1.29 is 8.42 Å². The summed E-state index contributed by atoms with van der Waals surface area (Å²) in [6, 6.07) is 0.597. The molecule has 2 unspecified atom stereocenters. The van der Waals surface area contributed by atoms with Gasteiger partial charge >= 0.3 is 0 Å². The molecule has 0 heterocycles. The largest absolute Gasteiger partial charge is 0.313 e. The molecule has 3 nitrogen and oxygen atoms in total. The number of rotatable bonds is 6. The van der Waals surface area contributed by atoms with Crippen LogP contribution < -0.4 is 5.32 Å². The second-order valence-corrected chi connectivity index (χ2v) is 7.74. The van der Waals surface area contributed by atoms with Crippen molar-refractivity contribution in [3.8, 4) is 0 Å². The van der Waals surface area contributed by atoms with Gasteiger partial charge in [0.15, 0.2) is 0 Å². The summed E-state index contributed by atoms with van der Waals surface area (Å²) in [5, 5.41) is 4.09. The maximum absolute atomic E-state index is 11.0. The second-order valence-electron chi connectivity index (χ2n) is 4.13. The molecule has 1 N–H and O–H groups in total. The summed E-state index contributed by atoms with van der Waals surface area (Å²) in [6.45, 7) is 3.13. The van der Waals surface area contributed by atoms with Gasteiger partial charge in [0, 0.05) is 23.3 Å². The van der Waals surface area contributed by atoms with Crippen molar-refractivity contribution in [2.75, 3.05) is 24.3 Å². The maximum Gasteiger partial charge on any atom is 0.148 e. The van der Waals surface area contributed by atoms with Gasteiger partial charge in [-0.3, -0.25) is 0 Å². The topological polar surface area (TPSA) is 46.2 Å². The third-order valence-electron chi connectivity index (χ3n) is 2.70. The van der Waals surface area contributed by atoms with Gasteiger partial charge in [-0.25, -0.2) is 8.42 Å². The van der Waals surface area contributed by atoms with Crippen LogP contribution in [0, 0.1) is 0 Å². The molecular formula is C10H21NO2S2. The summed E-state index contributed by atoms with van der Waals surface area (Å²) in [7, 11) is -2.79. The molecule has 1 saturated carbocycles. The van der Waals surface area contributed by atoms with E-state index >= 15 is 0 Å². The molecule has 0 amide bonds. The Bertz CT molecular complexity index is 277. The molecule has 0 radical (unpaired) electrons. The molecule has 0 aromatic heterocycles. The van der Waals surface area contributed by atoms with Crippen molar-refractivity contribution >= 4 is 21.6 Å². The molecule has 0 aromatic rings. The molecule has 2 atom stereocenters. The van der Waals surface area contributed by atoms with Crippen LogP contribution in [0.3, 0.4) is 0 Å². The first-order valence-corrected chi connectivity index (χ1v) is 8.66. The molecule has 1 aliphatic rings. The molecular weight excluding hydrogens is 230 g/mol. The van der Waals surface area contributed by atoms with Crippen molar-refractivity contribution in [3.63, 3.8) is 0 Å². The Hall–Kier alpha value is 0.260. The van der Waals surface area contributed by atoms with E-state index in [1.54, 1.807) is 0 Å². The standard InChI is InChI=1S/C10H21NO2S2/c1-3-11-9-5-4-6-10(9)14-7-8-15(2,12)13/h9-11H,3-8H2,1-2H3. The molecule has 1 rings (SSSR count). The zero-order chi connectivity index (χ0) is 11.3. The molecule has 1 fully saturated rings. The number of sulfone groups is 1. The van der Waals surface area contributed by atoms with Crippen LogP contribution in [-0.2, 0) is 9.84 Å². The lowest BCUT2D eigenvalue weighted by molar-refractivity contribution is 0.551. The molecule has 0 bridgehead atoms. The molecule has 15 heavy (non-hydrogen) atoms. The van der Waals surface area contributed by atoms with E-state index in [4.69, 9.17) is 0 Å². The first-order chi connectivity index (χ1) is 7.03. The average Bonchev–Trinajstić information content (AvgIpc) is 2.51. The molecule has 0 spiro atoms. The fourth-order valence-electron chi connectivity index (χ4n) is 1.97. The molecule has 0 aliphatic heterocycles. The number of nitrogens with one attached hydrogen (secondary N) is 1. The highest BCUT2D eigenvalue weighted by Crippen LogP contribution is 2.29. The quantitative estimate of drug-likeness (QED) is 0.773. The first-order valence-electron chi connectivity index (χ1n) is 5.55. The Labute approximate surface area is 97.3 Å². The zero-order valence-electron chi connectivity index (χ0n) is 9.53. The number of hydrogen-bond donors (Lipinski definition) is 1. The summed E-state index contributed by atoms with van der Waals surface area (Å²) in [5.41, 5.74) is 0. The lowest BCUT2D eigenvalue weighted by atomic mass is 10.2. The highest BCUT2D eigenvalue weighted by molar-refractivity contribution is 8.01. The van der Waals surface area contributed by atoms with Crippen LogP contribution in [0.2, 0.25) is 0 Å². The highest BCUT2D eigenvalue weighted by atomic mass is 32.2. The summed E-state index contributed by atoms with van der Waals surface area (Å²) < 4.78 is 22.0. The van der Waals surface area contributed by atoms with Crippen LogP contribution in [0.25, 0.3) is 0 Å². The second kappa shape index (κ2) is 6.11. The van der Waals surface area contributed by atoms with Gasteiger partial charge < -0.3 is 5.32 Å². The smallest absolute Gasteiger partial charge is 0.148 e. The zero-order valence-corrected chi connectivity index (χ0v) is 11.2. The van der Waals surface area contributed by atoms with Crippen LogP contribution in [0.5, 0.6) is 0 Å². The van der Waals surface area contributed by atoms with E-state index in [0.717, 1.165) is 12.3 Å². The average molecular weight is 251 g/mol. The van der Waals surface area contributed by atoms with Crippen molar-refractivity contribution in [2.24, 2.45) is 0 Å². The number of thioether (sulfide) groups is 1. The van der Waals surface area contributed by atoms with Gasteiger partial charge in [0.2, 0.25) is 0 Å². The lowest BCUT2D eigenvalue weighted by Crippen LogP contribution is -2.34. The Morgan fingerprint density at radius 3 is 2.73 bits per heavy atom. The van der Waals surface area contributed by atoms with E-state index in [1.807, 2.05) is 11.8 Å². The van der Waals surface area contributed by atoms with E-state index in [2.05, 4.69) is 12.2 Å². The third kappa shape index (κ3) is 5.22. The predicted molar refractivity (Wildman–Crippen MR) is 67.3 cm³/mol. The molecule has 0 aromatic carbocycles. The Balaban J connectivity index is 2.25. The molecule has 90 valence electrons. The van der Waals surface area contributed by atoms with Crippen molar-refractivity contribution in [1.82, 2.24) is 5.32 Å². The summed E-state index contributed by atoms with van der Waals surface area (Å²) in [4.78, 5) is 0. The number of hydrogen-bond acceptors (Lipinski definition) is 4. The normalized spacial score (nSPS) is 27.1. The van der Waals surface area contributed by atoms with Crippen molar-refractivity contribution in [2.45, 2.75) is 37.5 Å². The van der Waals surface area contributed by atoms with E-state index in [0.29, 0.717) is 17.0 Å². The summed E-state index contributed by atoms with van der Waals surface area (Å²) in [5.74, 6) is 1.05. The Kier molecular flexibility index (Phi) is 5.43. The van der Waals surface area contributed by atoms with Gasteiger partial charge in [-0.05, 0) is 19.4 Å². The summed E-state index contributed by atoms with van der Waals surface area (Å²) >= 11 is 1.82. The first kappa shape index (κ1) is 13.3. The molecule has 1 aliphatic carbocycles. The minimum atomic E-state index is -2.79. The van der Waals surface area contributed by atoms with E-state index < -0.39 is 9.84 Å². The maximum atomic E-state index is 11.0. The van der Waals surface area contributed by atoms with Gasteiger partial charge in [-0.15, -0.1) is 0 Å². The van der Waals surface area contributed by atoms with Crippen LogP contribution >= 0.6 is 11.8 Å². The van der Waals surface area contributed by atoms with Gasteiger partial charge in [-0.2, -0.15) is 11.8 Å².